The van der Waals surface area contributed by atoms with Gasteiger partial charge in [0.1, 0.15) is 0 Å². The van der Waals surface area contributed by atoms with Crippen molar-refractivity contribution in [2.45, 2.75) is 6.04 Å². The van der Waals surface area contributed by atoms with E-state index in [-0.39, 0.29) is 0 Å². The first kappa shape index (κ1) is 8.75. The van der Waals surface area contributed by atoms with Crippen molar-refractivity contribution in [3.05, 3.63) is 29.8 Å². The second kappa shape index (κ2) is 2.98. The van der Waals surface area contributed by atoms with Crippen molar-refractivity contribution < 1.29 is 0 Å². The van der Waals surface area contributed by atoms with E-state index in [2.05, 4.69) is 11.0 Å². The van der Waals surface area contributed by atoms with Gasteiger partial charge in [0.05, 0.1) is 11.6 Å². The fraction of sp³-hybridized carbons (Fsp3) is 0.417. The minimum Gasteiger partial charge on any atom is -0.371 e. The first-order valence-electron chi connectivity index (χ1n) is 5.30. The zero-order valence-corrected chi connectivity index (χ0v) is 8.43. The van der Waals surface area contributed by atoms with Gasteiger partial charge >= 0.3 is 0 Å². The number of anilines is 1. The van der Waals surface area contributed by atoms with Crippen molar-refractivity contribution in [2.24, 2.45) is 17.6 Å². The summed E-state index contributed by atoms with van der Waals surface area (Å²) in [5.41, 5.74) is 7.83. The Labute approximate surface area is 89.1 Å². The highest BCUT2D eigenvalue weighted by atomic mass is 15.2. The Hall–Kier alpha value is -1.53. The Kier molecular flexibility index (Phi) is 1.74. The van der Waals surface area contributed by atoms with E-state index in [1.165, 1.54) is 5.69 Å². The van der Waals surface area contributed by atoms with E-state index in [1.54, 1.807) is 0 Å². The Morgan fingerprint density at radius 3 is 2.33 bits per heavy atom. The van der Waals surface area contributed by atoms with E-state index in [0.717, 1.165) is 18.7 Å². The molecule has 2 unspecified atom stereocenters. The second-order valence-electron chi connectivity index (χ2n) is 4.47. The molecule has 1 aromatic carbocycles. The summed E-state index contributed by atoms with van der Waals surface area (Å²) in [5, 5.41) is 8.70. The summed E-state index contributed by atoms with van der Waals surface area (Å²) >= 11 is 0. The van der Waals surface area contributed by atoms with Gasteiger partial charge in [-0.25, -0.2) is 0 Å². The monoisotopic (exact) mass is 199 g/mol. The average molecular weight is 199 g/mol. The first-order chi connectivity index (χ1) is 7.29. The van der Waals surface area contributed by atoms with Crippen LogP contribution in [-0.2, 0) is 0 Å². The van der Waals surface area contributed by atoms with Crippen LogP contribution in [0.4, 0.5) is 5.69 Å². The second-order valence-corrected chi connectivity index (χ2v) is 4.47. The summed E-state index contributed by atoms with van der Waals surface area (Å²) in [6.07, 6.45) is 0. The number of fused-ring (bicyclic) bond motifs is 1. The minimum absolute atomic E-state index is 0.444. The highest BCUT2D eigenvalue weighted by Crippen LogP contribution is 2.45. The predicted molar refractivity (Wildman–Crippen MR) is 58.3 cm³/mol. The van der Waals surface area contributed by atoms with Crippen LogP contribution in [0.5, 0.6) is 0 Å². The van der Waals surface area contributed by atoms with Gasteiger partial charge in [0.2, 0.25) is 0 Å². The molecule has 0 amide bonds. The summed E-state index contributed by atoms with van der Waals surface area (Å²) < 4.78 is 0. The summed E-state index contributed by atoms with van der Waals surface area (Å²) in [6.45, 7) is 2.16. The van der Waals surface area contributed by atoms with Crippen LogP contribution in [0, 0.1) is 23.2 Å². The van der Waals surface area contributed by atoms with Gasteiger partial charge in [-0.2, -0.15) is 5.26 Å². The van der Waals surface area contributed by atoms with Crippen molar-refractivity contribution in [1.29, 1.82) is 5.26 Å². The normalized spacial score (nSPS) is 32.3. The quantitative estimate of drug-likeness (QED) is 0.732. The standard InChI is InChI=1S/C12H13N3/c13-5-8-1-3-9(4-2-8)15-6-10-11(7-15)12(10)14/h1-4,10-12H,6-7,14H2. The Balaban J connectivity index is 1.75. The van der Waals surface area contributed by atoms with E-state index >= 15 is 0 Å². The Morgan fingerprint density at radius 2 is 1.80 bits per heavy atom. The third-order valence-corrected chi connectivity index (χ3v) is 3.62. The number of piperidine rings is 1. The van der Waals surface area contributed by atoms with Crippen molar-refractivity contribution in [2.75, 3.05) is 18.0 Å². The van der Waals surface area contributed by atoms with E-state index in [4.69, 9.17) is 11.0 Å². The van der Waals surface area contributed by atoms with Crippen molar-refractivity contribution >= 4 is 5.69 Å². The van der Waals surface area contributed by atoms with Crippen LogP contribution in [0.15, 0.2) is 24.3 Å². The van der Waals surface area contributed by atoms with E-state index in [0.29, 0.717) is 17.9 Å². The molecule has 2 atom stereocenters. The lowest BCUT2D eigenvalue weighted by molar-refractivity contribution is 0.743. The fourth-order valence-corrected chi connectivity index (χ4v) is 2.53. The number of nitrogens with two attached hydrogens (primary N) is 1. The molecule has 0 radical (unpaired) electrons. The highest BCUT2D eigenvalue weighted by molar-refractivity contribution is 5.51. The predicted octanol–water partition coefficient (Wildman–Crippen LogP) is 0.952. The van der Waals surface area contributed by atoms with Crippen molar-refractivity contribution in [1.82, 2.24) is 0 Å². The maximum atomic E-state index is 8.70. The molecule has 2 fully saturated rings. The molecule has 15 heavy (non-hydrogen) atoms. The van der Waals surface area contributed by atoms with E-state index in [1.807, 2.05) is 24.3 Å². The van der Waals surface area contributed by atoms with Crippen LogP contribution in [-0.4, -0.2) is 19.1 Å². The maximum Gasteiger partial charge on any atom is 0.0991 e. The highest BCUT2D eigenvalue weighted by Gasteiger charge is 2.53. The van der Waals surface area contributed by atoms with Crippen LogP contribution in [0.1, 0.15) is 5.56 Å². The molecule has 2 N–H and O–H groups in total. The van der Waals surface area contributed by atoms with Gasteiger partial charge in [0.25, 0.3) is 0 Å². The molecular weight excluding hydrogens is 186 g/mol. The molecule has 1 aromatic rings. The third-order valence-electron chi connectivity index (χ3n) is 3.62. The Morgan fingerprint density at radius 1 is 1.20 bits per heavy atom. The zero-order valence-electron chi connectivity index (χ0n) is 8.43. The molecule has 0 bridgehead atoms. The lowest BCUT2D eigenvalue weighted by Crippen LogP contribution is -2.27. The lowest BCUT2D eigenvalue weighted by atomic mass is 10.2. The molecule has 3 heteroatoms. The summed E-state index contributed by atoms with van der Waals surface area (Å²) in [6, 6.07) is 10.4. The lowest BCUT2D eigenvalue weighted by Gasteiger charge is -2.21. The van der Waals surface area contributed by atoms with Crippen molar-refractivity contribution in [3.63, 3.8) is 0 Å². The summed E-state index contributed by atoms with van der Waals surface area (Å²) in [7, 11) is 0. The molecule has 1 saturated carbocycles. The topological polar surface area (TPSA) is 53.0 Å². The zero-order chi connectivity index (χ0) is 10.4. The van der Waals surface area contributed by atoms with Gasteiger partial charge in [0, 0.05) is 24.8 Å². The van der Waals surface area contributed by atoms with Crippen LogP contribution in [0.2, 0.25) is 0 Å². The van der Waals surface area contributed by atoms with Crippen LogP contribution in [0.3, 0.4) is 0 Å². The fourth-order valence-electron chi connectivity index (χ4n) is 2.53. The van der Waals surface area contributed by atoms with Gasteiger partial charge in [-0.15, -0.1) is 0 Å². The molecule has 3 rings (SSSR count). The molecule has 0 spiro atoms. The number of hydrogen-bond donors (Lipinski definition) is 1. The number of rotatable bonds is 1. The molecular formula is C12H13N3. The molecule has 1 saturated heterocycles. The van der Waals surface area contributed by atoms with E-state index < -0.39 is 0 Å². The van der Waals surface area contributed by atoms with Gasteiger partial charge in [-0.05, 0) is 36.1 Å². The van der Waals surface area contributed by atoms with Gasteiger partial charge in [-0.1, -0.05) is 0 Å². The summed E-state index contributed by atoms with van der Waals surface area (Å²) in [4.78, 5) is 2.36. The number of nitriles is 1. The smallest absolute Gasteiger partial charge is 0.0991 e. The number of benzene rings is 1. The van der Waals surface area contributed by atoms with Crippen LogP contribution >= 0.6 is 0 Å². The van der Waals surface area contributed by atoms with Crippen LogP contribution < -0.4 is 10.6 Å². The van der Waals surface area contributed by atoms with Gasteiger partial charge in [-0.3, -0.25) is 0 Å². The van der Waals surface area contributed by atoms with Crippen molar-refractivity contribution in [3.8, 4) is 6.07 Å². The molecule has 0 aromatic heterocycles. The Bertz CT molecular complexity index is 405. The van der Waals surface area contributed by atoms with Crippen LogP contribution in [0.25, 0.3) is 0 Å². The molecule has 1 aliphatic carbocycles. The van der Waals surface area contributed by atoms with Gasteiger partial charge in [0.15, 0.2) is 0 Å². The number of nitrogens with zero attached hydrogens (tertiary/aromatic N) is 2. The molecule has 1 aliphatic heterocycles. The minimum atomic E-state index is 0.444. The molecule has 3 nitrogen and oxygen atoms in total. The first-order valence-corrected chi connectivity index (χ1v) is 5.30. The molecule has 1 heterocycles. The van der Waals surface area contributed by atoms with Gasteiger partial charge < -0.3 is 10.6 Å². The number of hydrogen-bond acceptors (Lipinski definition) is 3. The summed E-state index contributed by atoms with van der Waals surface area (Å²) in [5.74, 6) is 1.42. The third kappa shape index (κ3) is 1.30. The largest absolute Gasteiger partial charge is 0.371 e. The molecule has 2 aliphatic rings. The van der Waals surface area contributed by atoms with E-state index in [9.17, 15) is 0 Å². The maximum absolute atomic E-state index is 8.70. The SMILES string of the molecule is N#Cc1ccc(N2CC3C(N)C3C2)cc1. The average Bonchev–Trinajstić information content (AvgIpc) is 2.74. The molecule has 76 valence electrons.